The molecule has 5 heteroatoms. The Morgan fingerprint density at radius 1 is 1.13 bits per heavy atom. The van der Waals surface area contributed by atoms with Crippen LogP contribution < -0.4 is 5.32 Å². The van der Waals surface area contributed by atoms with Crippen molar-refractivity contribution in [2.24, 2.45) is 0 Å². The molecule has 0 atom stereocenters. The third-order valence-electron chi connectivity index (χ3n) is 4.20. The number of benzene rings is 2. The maximum Gasteiger partial charge on any atom is 0.257 e. The van der Waals surface area contributed by atoms with Crippen LogP contribution in [0.15, 0.2) is 36.4 Å². The van der Waals surface area contributed by atoms with Crippen molar-refractivity contribution in [2.45, 2.75) is 25.7 Å². The molecule has 1 aliphatic carbocycles. The van der Waals surface area contributed by atoms with Crippen molar-refractivity contribution >= 4 is 32.6 Å². The van der Waals surface area contributed by atoms with E-state index in [0.29, 0.717) is 16.2 Å². The van der Waals surface area contributed by atoms with Crippen molar-refractivity contribution < 1.29 is 9.18 Å². The van der Waals surface area contributed by atoms with Gasteiger partial charge in [-0.1, -0.05) is 23.5 Å². The molecule has 3 aromatic rings. The van der Waals surface area contributed by atoms with E-state index in [9.17, 15) is 9.18 Å². The molecule has 0 unspecified atom stereocenters. The minimum absolute atomic E-state index is 0.196. The van der Waals surface area contributed by atoms with E-state index in [0.717, 1.165) is 17.5 Å². The number of thiazole rings is 1. The monoisotopic (exact) mass is 326 g/mol. The highest BCUT2D eigenvalue weighted by Gasteiger charge is 2.15. The van der Waals surface area contributed by atoms with Crippen LogP contribution in [0.1, 0.15) is 34.3 Å². The molecule has 2 aromatic carbocycles. The molecule has 3 nitrogen and oxygen atoms in total. The molecule has 4 rings (SSSR count). The molecule has 0 fully saturated rings. The Kier molecular flexibility index (Phi) is 3.58. The van der Waals surface area contributed by atoms with Gasteiger partial charge in [-0.15, -0.1) is 0 Å². The molecular formula is C18H15FN2OS. The van der Waals surface area contributed by atoms with Crippen LogP contribution in [-0.4, -0.2) is 10.9 Å². The summed E-state index contributed by atoms with van der Waals surface area (Å²) in [6.45, 7) is 0. The lowest BCUT2D eigenvalue weighted by Crippen LogP contribution is -2.13. The number of anilines is 1. The maximum absolute atomic E-state index is 13.7. The molecule has 1 heterocycles. The van der Waals surface area contributed by atoms with Crippen molar-refractivity contribution in [1.29, 1.82) is 0 Å². The van der Waals surface area contributed by atoms with Gasteiger partial charge in [-0.05, 0) is 61.1 Å². The van der Waals surface area contributed by atoms with Crippen molar-refractivity contribution in [3.63, 3.8) is 0 Å². The summed E-state index contributed by atoms with van der Waals surface area (Å²) in [6.07, 6.45) is 4.52. The van der Waals surface area contributed by atoms with E-state index in [1.807, 2.05) is 18.2 Å². The van der Waals surface area contributed by atoms with E-state index in [-0.39, 0.29) is 11.7 Å². The fraction of sp³-hybridized carbons (Fsp3) is 0.222. The smallest absolute Gasteiger partial charge is 0.257 e. The van der Waals surface area contributed by atoms with E-state index in [1.54, 1.807) is 12.1 Å². The van der Waals surface area contributed by atoms with Crippen LogP contribution in [0.2, 0.25) is 0 Å². The highest BCUT2D eigenvalue weighted by molar-refractivity contribution is 7.22. The standard InChI is InChI=1S/C18H15FN2OS/c19-14-6-3-7-15-16(14)20-18(23-15)21-17(22)13-9-8-11-4-1-2-5-12(11)10-13/h3,6-10H,1-2,4-5H2,(H,20,21,22). The van der Waals surface area contributed by atoms with Gasteiger partial charge >= 0.3 is 0 Å². The summed E-state index contributed by atoms with van der Waals surface area (Å²) in [4.78, 5) is 16.6. The molecule has 0 saturated carbocycles. The highest BCUT2D eigenvalue weighted by Crippen LogP contribution is 2.28. The first-order chi connectivity index (χ1) is 11.2. The zero-order chi connectivity index (χ0) is 15.8. The number of hydrogen-bond acceptors (Lipinski definition) is 3. The van der Waals surface area contributed by atoms with Crippen LogP contribution in [0, 0.1) is 5.82 Å². The summed E-state index contributed by atoms with van der Waals surface area (Å²) in [7, 11) is 0. The first-order valence-electron chi connectivity index (χ1n) is 7.69. The summed E-state index contributed by atoms with van der Waals surface area (Å²) in [5, 5.41) is 3.21. The van der Waals surface area contributed by atoms with Gasteiger partial charge in [-0.2, -0.15) is 0 Å². The summed E-state index contributed by atoms with van der Waals surface area (Å²) in [6, 6.07) is 10.7. The average Bonchev–Trinajstić information content (AvgIpc) is 2.98. The first kappa shape index (κ1) is 14.3. The van der Waals surface area contributed by atoms with E-state index in [4.69, 9.17) is 0 Å². The van der Waals surface area contributed by atoms with Gasteiger partial charge in [-0.25, -0.2) is 9.37 Å². The van der Waals surface area contributed by atoms with E-state index in [1.165, 1.54) is 41.4 Å². The lowest BCUT2D eigenvalue weighted by molar-refractivity contribution is 0.102. The van der Waals surface area contributed by atoms with Crippen LogP contribution in [0.4, 0.5) is 9.52 Å². The normalized spacial score (nSPS) is 13.8. The summed E-state index contributed by atoms with van der Waals surface area (Å²) < 4.78 is 14.4. The van der Waals surface area contributed by atoms with E-state index in [2.05, 4.69) is 10.3 Å². The number of aryl methyl sites for hydroxylation is 2. The lowest BCUT2D eigenvalue weighted by Gasteiger charge is -2.16. The van der Waals surface area contributed by atoms with E-state index < -0.39 is 0 Å². The molecular weight excluding hydrogens is 311 g/mol. The Morgan fingerprint density at radius 3 is 2.78 bits per heavy atom. The Balaban J connectivity index is 1.60. The molecule has 116 valence electrons. The molecule has 0 bridgehead atoms. The fourth-order valence-electron chi connectivity index (χ4n) is 3.01. The third kappa shape index (κ3) is 2.72. The number of hydrogen-bond donors (Lipinski definition) is 1. The second-order valence-corrected chi connectivity index (χ2v) is 6.78. The van der Waals surface area contributed by atoms with Crippen molar-refractivity contribution in [3.8, 4) is 0 Å². The third-order valence-corrected chi connectivity index (χ3v) is 5.14. The first-order valence-corrected chi connectivity index (χ1v) is 8.50. The number of rotatable bonds is 2. The number of nitrogens with zero attached hydrogens (tertiary/aromatic N) is 1. The molecule has 1 aromatic heterocycles. The maximum atomic E-state index is 13.7. The molecule has 23 heavy (non-hydrogen) atoms. The summed E-state index contributed by atoms with van der Waals surface area (Å²) in [5.74, 6) is -0.564. The topological polar surface area (TPSA) is 42.0 Å². The van der Waals surface area contributed by atoms with Gasteiger partial charge in [0, 0.05) is 5.56 Å². The predicted molar refractivity (Wildman–Crippen MR) is 90.6 cm³/mol. The minimum Gasteiger partial charge on any atom is -0.298 e. The number of nitrogens with one attached hydrogen (secondary N) is 1. The average molecular weight is 326 g/mol. The Labute approximate surface area is 137 Å². The molecule has 0 spiro atoms. The lowest BCUT2D eigenvalue weighted by atomic mass is 9.90. The number of carbonyl (C=O) groups is 1. The van der Waals surface area contributed by atoms with Gasteiger partial charge in [0.1, 0.15) is 11.3 Å². The number of aromatic nitrogens is 1. The van der Waals surface area contributed by atoms with Crippen LogP contribution in [0.25, 0.3) is 10.2 Å². The predicted octanol–water partition coefficient (Wildman–Crippen LogP) is 4.57. The van der Waals surface area contributed by atoms with Crippen LogP contribution in [0.3, 0.4) is 0 Å². The molecule has 0 saturated heterocycles. The number of halogens is 1. The number of fused-ring (bicyclic) bond motifs is 2. The van der Waals surface area contributed by atoms with Crippen LogP contribution >= 0.6 is 11.3 Å². The van der Waals surface area contributed by atoms with Crippen molar-refractivity contribution in [1.82, 2.24) is 4.98 Å². The molecule has 1 N–H and O–H groups in total. The zero-order valence-electron chi connectivity index (χ0n) is 12.4. The fourth-order valence-corrected chi connectivity index (χ4v) is 3.89. The summed E-state index contributed by atoms with van der Waals surface area (Å²) in [5.41, 5.74) is 3.54. The Bertz CT molecular complexity index is 903. The zero-order valence-corrected chi connectivity index (χ0v) is 13.3. The second-order valence-electron chi connectivity index (χ2n) is 5.75. The molecule has 0 aliphatic heterocycles. The largest absolute Gasteiger partial charge is 0.298 e. The van der Waals surface area contributed by atoms with Crippen molar-refractivity contribution in [2.75, 3.05) is 5.32 Å². The molecule has 1 aliphatic rings. The van der Waals surface area contributed by atoms with Gasteiger partial charge < -0.3 is 0 Å². The second kappa shape index (κ2) is 5.74. The molecule has 1 amide bonds. The number of amides is 1. The number of carbonyl (C=O) groups excluding carboxylic acids is 1. The van der Waals surface area contributed by atoms with Crippen LogP contribution in [-0.2, 0) is 12.8 Å². The molecule has 0 radical (unpaired) electrons. The highest BCUT2D eigenvalue weighted by atomic mass is 32.1. The Hall–Kier alpha value is -2.27. The van der Waals surface area contributed by atoms with Gasteiger partial charge in [0.25, 0.3) is 5.91 Å². The van der Waals surface area contributed by atoms with Crippen molar-refractivity contribution in [3.05, 3.63) is 58.9 Å². The SMILES string of the molecule is O=C(Nc1nc2c(F)cccc2s1)c1ccc2c(c1)CCCC2. The quantitative estimate of drug-likeness (QED) is 0.750. The van der Waals surface area contributed by atoms with Gasteiger partial charge in [0.15, 0.2) is 5.13 Å². The Morgan fingerprint density at radius 2 is 1.96 bits per heavy atom. The van der Waals surface area contributed by atoms with Gasteiger partial charge in [0.2, 0.25) is 0 Å². The summed E-state index contributed by atoms with van der Waals surface area (Å²) >= 11 is 1.28. The minimum atomic E-state index is -0.368. The van der Waals surface area contributed by atoms with Gasteiger partial charge in [-0.3, -0.25) is 10.1 Å². The number of para-hydroxylation sites is 1. The van der Waals surface area contributed by atoms with E-state index >= 15 is 0 Å². The van der Waals surface area contributed by atoms with Gasteiger partial charge in [0.05, 0.1) is 4.70 Å². The van der Waals surface area contributed by atoms with Crippen LogP contribution in [0.5, 0.6) is 0 Å².